The van der Waals surface area contributed by atoms with Crippen LogP contribution >= 0.6 is 0 Å². The molecule has 5 fully saturated rings. The fourth-order valence-corrected chi connectivity index (χ4v) is 8.73. The van der Waals surface area contributed by atoms with Crippen LogP contribution in [0.5, 0.6) is 0 Å². The van der Waals surface area contributed by atoms with E-state index in [4.69, 9.17) is 4.99 Å². The zero-order chi connectivity index (χ0) is 17.8. The summed E-state index contributed by atoms with van der Waals surface area (Å²) in [5.41, 5.74) is 2.83. The lowest BCUT2D eigenvalue weighted by Crippen LogP contribution is -2.52. The second kappa shape index (κ2) is 6.63. The second-order valence-electron chi connectivity index (χ2n) is 11.3. The Hall–Kier alpha value is -0.330. The van der Waals surface area contributed by atoms with Gasteiger partial charge in [0.25, 0.3) is 0 Å². The van der Waals surface area contributed by atoms with Crippen molar-refractivity contribution in [1.29, 1.82) is 0 Å². The minimum Gasteiger partial charge on any atom is -0.290 e. The number of rotatable bonds is 1. The van der Waals surface area contributed by atoms with E-state index in [-0.39, 0.29) is 0 Å². The van der Waals surface area contributed by atoms with Gasteiger partial charge in [0.15, 0.2) is 0 Å². The van der Waals surface area contributed by atoms with E-state index in [1.54, 1.807) is 18.6 Å². The Balaban J connectivity index is 1.39. The number of nitrogens with zero attached hydrogens (tertiary/aromatic N) is 1. The predicted octanol–water partition coefficient (Wildman–Crippen LogP) is 7.19. The van der Waals surface area contributed by atoms with Crippen molar-refractivity contribution in [2.24, 2.45) is 39.5 Å². The summed E-state index contributed by atoms with van der Waals surface area (Å²) in [4.78, 5) is 5.44. The SMILES string of the molecule is C[C@]12CCCC[C@H]1CC[C@H]1[C@H]2CC[C@]2(C)C(=NC3CCCCC3)CC[C@H]12. The van der Waals surface area contributed by atoms with Crippen molar-refractivity contribution in [3.8, 4) is 0 Å². The van der Waals surface area contributed by atoms with Crippen molar-refractivity contribution in [3.63, 3.8) is 0 Å². The lowest BCUT2D eigenvalue weighted by Gasteiger charge is -2.60. The Morgan fingerprint density at radius 3 is 2.38 bits per heavy atom. The first-order valence-corrected chi connectivity index (χ1v) is 12.2. The van der Waals surface area contributed by atoms with Gasteiger partial charge in [-0.05, 0) is 93.3 Å². The van der Waals surface area contributed by atoms with Gasteiger partial charge in [0, 0.05) is 17.2 Å². The summed E-state index contributed by atoms with van der Waals surface area (Å²) in [6.07, 6.45) is 22.0. The Morgan fingerprint density at radius 2 is 1.54 bits per heavy atom. The minimum absolute atomic E-state index is 0.469. The maximum absolute atomic E-state index is 5.44. The van der Waals surface area contributed by atoms with Crippen LogP contribution in [-0.4, -0.2) is 11.8 Å². The summed E-state index contributed by atoms with van der Waals surface area (Å²) in [5, 5.41) is 0. The van der Waals surface area contributed by atoms with Crippen molar-refractivity contribution in [2.75, 3.05) is 0 Å². The molecular formula is C25H41N. The maximum atomic E-state index is 5.44. The van der Waals surface area contributed by atoms with E-state index in [1.165, 1.54) is 83.5 Å². The molecule has 5 aliphatic rings. The second-order valence-corrected chi connectivity index (χ2v) is 11.3. The van der Waals surface area contributed by atoms with Crippen LogP contribution in [0.4, 0.5) is 0 Å². The molecule has 1 heteroatoms. The van der Waals surface area contributed by atoms with Gasteiger partial charge in [0.1, 0.15) is 0 Å². The van der Waals surface area contributed by atoms with Gasteiger partial charge in [-0.25, -0.2) is 0 Å². The highest BCUT2D eigenvalue weighted by atomic mass is 14.8. The van der Waals surface area contributed by atoms with Crippen molar-refractivity contribution in [1.82, 2.24) is 0 Å². The average Bonchev–Trinajstić information content (AvgIpc) is 2.98. The molecular weight excluding hydrogens is 314 g/mol. The molecule has 0 radical (unpaired) electrons. The molecule has 5 saturated carbocycles. The number of hydrogen-bond acceptors (Lipinski definition) is 1. The van der Waals surface area contributed by atoms with Crippen molar-refractivity contribution in [2.45, 2.75) is 116 Å². The molecule has 1 nitrogen and oxygen atoms in total. The summed E-state index contributed by atoms with van der Waals surface area (Å²) in [6, 6.07) is 0.679. The van der Waals surface area contributed by atoms with Gasteiger partial charge in [-0.15, -0.1) is 0 Å². The molecule has 0 aliphatic heterocycles. The molecule has 5 aliphatic carbocycles. The zero-order valence-corrected chi connectivity index (χ0v) is 17.4. The Kier molecular flexibility index (Phi) is 4.52. The van der Waals surface area contributed by atoms with Gasteiger partial charge in [0.05, 0.1) is 0 Å². The first kappa shape index (κ1) is 17.7. The first-order chi connectivity index (χ1) is 12.6. The smallest absolute Gasteiger partial charge is 0.0499 e. The minimum atomic E-state index is 0.469. The third-order valence-corrected chi connectivity index (χ3v) is 10.2. The third-order valence-electron chi connectivity index (χ3n) is 10.2. The summed E-state index contributed by atoms with van der Waals surface area (Å²) in [6.45, 7) is 5.35. The highest BCUT2D eigenvalue weighted by Crippen LogP contribution is 2.65. The van der Waals surface area contributed by atoms with E-state index in [0.717, 1.165) is 23.7 Å². The predicted molar refractivity (Wildman–Crippen MR) is 111 cm³/mol. The lowest BCUT2D eigenvalue weighted by atomic mass is 9.45. The van der Waals surface area contributed by atoms with E-state index in [9.17, 15) is 0 Å². The van der Waals surface area contributed by atoms with Crippen LogP contribution < -0.4 is 0 Å². The molecule has 0 saturated heterocycles. The third kappa shape index (κ3) is 2.66. The fraction of sp³-hybridized carbons (Fsp3) is 0.960. The van der Waals surface area contributed by atoms with E-state index in [0.29, 0.717) is 16.9 Å². The Morgan fingerprint density at radius 1 is 0.731 bits per heavy atom. The van der Waals surface area contributed by atoms with Gasteiger partial charge >= 0.3 is 0 Å². The van der Waals surface area contributed by atoms with Crippen LogP contribution in [0.1, 0.15) is 110 Å². The maximum Gasteiger partial charge on any atom is 0.0499 e. The molecule has 0 bridgehead atoms. The molecule has 5 rings (SSSR count). The van der Waals surface area contributed by atoms with Gasteiger partial charge < -0.3 is 0 Å². The molecule has 0 heterocycles. The number of hydrogen-bond donors (Lipinski definition) is 0. The molecule has 0 unspecified atom stereocenters. The van der Waals surface area contributed by atoms with Crippen LogP contribution in [0.2, 0.25) is 0 Å². The van der Waals surface area contributed by atoms with Crippen LogP contribution in [0, 0.1) is 34.5 Å². The number of aliphatic imine (C=N–C) groups is 1. The monoisotopic (exact) mass is 355 g/mol. The molecule has 0 aromatic heterocycles. The molecule has 0 N–H and O–H groups in total. The van der Waals surface area contributed by atoms with Crippen LogP contribution in [0.3, 0.4) is 0 Å². The van der Waals surface area contributed by atoms with Crippen LogP contribution in [-0.2, 0) is 0 Å². The molecule has 26 heavy (non-hydrogen) atoms. The average molecular weight is 356 g/mol. The summed E-state index contributed by atoms with van der Waals surface area (Å²) >= 11 is 0. The molecule has 0 aromatic carbocycles. The van der Waals surface area contributed by atoms with Crippen molar-refractivity contribution in [3.05, 3.63) is 0 Å². The van der Waals surface area contributed by atoms with E-state index in [1.807, 2.05) is 0 Å². The van der Waals surface area contributed by atoms with Gasteiger partial charge in [-0.3, -0.25) is 4.99 Å². The topological polar surface area (TPSA) is 12.4 Å². The normalized spacial score (nSPS) is 50.9. The number of fused-ring (bicyclic) bond motifs is 5. The highest BCUT2D eigenvalue weighted by molar-refractivity contribution is 5.92. The van der Waals surface area contributed by atoms with E-state index in [2.05, 4.69) is 13.8 Å². The Bertz CT molecular complexity index is 559. The summed E-state index contributed by atoms with van der Waals surface area (Å²) < 4.78 is 0. The largest absolute Gasteiger partial charge is 0.290 e. The zero-order valence-electron chi connectivity index (χ0n) is 17.4. The van der Waals surface area contributed by atoms with Gasteiger partial charge in [-0.2, -0.15) is 0 Å². The van der Waals surface area contributed by atoms with E-state index < -0.39 is 0 Å². The quantitative estimate of drug-likeness (QED) is 0.472. The molecule has 0 aromatic rings. The van der Waals surface area contributed by atoms with Gasteiger partial charge in [0.2, 0.25) is 0 Å². The van der Waals surface area contributed by atoms with Crippen LogP contribution in [0.25, 0.3) is 0 Å². The first-order valence-electron chi connectivity index (χ1n) is 12.2. The molecule has 0 amide bonds. The van der Waals surface area contributed by atoms with Crippen LogP contribution in [0.15, 0.2) is 4.99 Å². The summed E-state index contributed by atoms with van der Waals surface area (Å²) in [5.74, 6) is 4.07. The molecule has 146 valence electrons. The standard InChI is InChI=1S/C25H41N/c1-24-16-7-6-8-18(24)11-12-20-21-13-14-23(25(21,2)17-15-22(20)24)26-19-9-4-3-5-10-19/h18-22H,3-17H2,1-2H3/t18-,20+,21+,22+,24-,25-/m0/s1. The molecule has 6 atom stereocenters. The van der Waals surface area contributed by atoms with Gasteiger partial charge in [-0.1, -0.05) is 46.0 Å². The lowest BCUT2D eigenvalue weighted by molar-refractivity contribution is -0.0936. The summed E-state index contributed by atoms with van der Waals surface area (Å²) in [7, 11) is 0. The molecule has 0 spiro atoms. The van der Waals surface area contributed by atoms with E-state index >= 15 is 0 Å². The Labute approximate surface area is 161 Å². The fourth-order valence-electron chi connectivity index (χ4n) is 8.73. The highest BCUT2D eigenvalue weighted by Gasteiger charge is 2.58. The van der Waals surface area contributed by atoms with Crippen molar-refractivity contribution >= 4 is 5.71 Å². The van der Waals surface area contributed by atoms with Crippen molar-refractivity contribution < 1.29 is 0 Å².